The molecule has 1 saturated heterocycles. The maximum atomic E-state index is 13.3. The van der Waals surface area contributed by atoms with Crippen molar-refractivity contribution in [3.8, 4) is 0 Å². The van der Waals surface area contributed by atoms with E-state index in [1.54, 1.807) is 0 Å². The van der Waals surface area contributed by atoms with E-state index in [0.29, 0.717) is 11.5 Å². The van der Waals surface area contributed by atoms with E-state index in [1.165, 1.54) is 19.3 Å². The van der Waals surface area contributed by atoms with Gasteiger partial charge in [-0.05, 0) is 68.9 Å². The number of rotatable bonds is 3. The van der Waals surface area contributed by atoms with Crippen LogP contribution in [0.15, 0.2) is 30.3 Å². The fourth-order valence-corrected chi connectivity index (χ4v) is 5.42. The Hall–Kier alpha value is -1.84. The molecule has 3 aliphatic rings. The predicted molar refractivity (Wildman–Crippen MR) is 106 cm³/mol. The van der Waals surface area contributed by atoms with Crippen molar-refractivity contribution in [2.45, 2.75) is 82.8 Å². The molecule has 4 rings (SSSR count). The molecule has 4 heteroatoms. The summed E-state index contributed by atoms with van der Waals surface area (Å²) in [5.41, 5.74) is 0.702. The molecule has 0 bridgehead atoms. The Labute approximate surface area is 162 Å². The first-order valence-corrected chi connectivity index (χ1v) is 10.8. The van der Waals surface area contributed by atoms with Crippen molar-refractivity contribution < 1.29 is 9.59 Å². The van der Waals surface area contributed by atoms with E-state index >= 15 is 0 Å². The van der Waals surface area contributed by atoms with Crippen LogP contribution in [0.3, 0.4) is 0 Å². The zero-order chi connectivity index (χ0) is 18.8. The Morgan fingerprint density at radius 2 is 1.67 bits per heavy atom. The number of carbonyl (C=O) groups excluding carboxylic acids is 2. The van der Waals surface area contributed by atoms with Gasteiger partial charge in [-0.2, -0.15) is 0 Å². The SMILES string of the molecule is CC1CCC(NC(=O)C2CC3CCCCC3N2C(=O)c2ccccc2)CC1. The highest BCUT2D eigenvalue weighted by atomic mass is 16.2. The molecule has 27 heavy (non-hydrogen) atoms. The van der Waals surface area contributed by atoms with E-state index in [0.717, 1.165) is 44.4 Å². The predicted octanol–water partition coefficient (Wildman–Crippen LogP) is 4.15. The Bertz CT molecular complexity index is 666. The zero-order valence-corrected chi connectivity index (χ0v) is 16.4. The van der Waals surface area contributed by atoms with E-state index in [2.05, 4.69) is 12.2 Å². The Morgan fingerprint density at radius 3 is 2.41 bits per heavy atom. The van der Waals surface area contributed by atoms with Gasteiger partial charge < -0.3 is 10.2 Å². The second-order valence-corrected chi connectivity index (χ2v) is 8.91. The molecule has 2 saturated carbocycles. The van der Waals surface area contributed by atoms with Crippen molar-refractivity contribution in [2.24, 2.45) is 11.8 Å². The molecule has 146 valence electrons. The molecule has 4 nitrogen and oxygen atoms in total. The van der Waals surface area contributed by atoms with Crippen molar-refractivity contribution in [2.75, 3.05) is 0 Å². The summed E-state index contributed by atoms with van der Waals surface area (Å²) >= 11 is 0. The summed E-state index contributed by atoms with van der Waals surface area (Å²) in [4.78, 5) is 28.4. The van der Waals surface area contributed by atoms with Crippen molar-refractivity contribution in [3.05, 3.63) is 35.9 Å². The van der Waals surface area contributed by atoms with Crippen LogP contribution in [-0.2, 0) is 4.79 Å². The van der Waals surface area contributed by atoms with Crippen molar-refractivity contribution in [1.29, 1.82) is 0 Å². The van der Waals surface area contributed by atoms with Gasteiger partial charge in [-0.15, -0.1) is 0 Å². The standard InChI is InChI=1S/C23H32N2O2/c1-16-11-13-19(14-12-16)24-22(26)21-15-18-9-5-6-10-20(18)25(21)23(27)17-7-3-2-4-8-17/h2-4,7-8,16,18-21H,5-6,9-15H2,1H3,(H,24,26). The first-order chi connectivity index (χ1) is 13.1. The first-order valence-electron chi connectivity index (χ1n) is 10.8. The van der Waals surface area contributed by atoms with Crippen LogP contribution in [0.1, 0.15) is 75.1 Å². The van der Waals surface area contributed by atoms with Gasteiger partial charge in [-0.25, -0.2) is 0 Å². The minimum atomic E-state index is -0.301. The molecule has 1 aliphatic heterocycles. The topological polar surface area (TPSA) is 49.4 Å². The number of carbonyl (C=O) groups is 2. The number of hydrogen-bond acceptors (Lipinski definition) is 2. The first kappa shape index (κ1) is 18.5. The lowest BCUT2D eigenvalue weighted by atomic mass is 9.84. The summed E-state index contributed by atoms with van der Waals surface area (Å²) < 4.78 is 0. The van der Waals surface area contributed by atoms with E-state index in [9.17, 15) is 9.59 Å². The molecular weight excluding hydrogens is 336 g/mol. The molecule has 2 aliphatic carbocycles. The average Bonchev–Trinajstić information content (AvgIpc) is 3.09. The second kappa shape index (κ2) is 8.04. The molecule has 1 aromatic carbocycles. The third kappa shape index (κ3) is 3.90. The molecule has 0 aromatic heterocycles. The van der Waals surface area contributed by atoms with Crippen LogP contribution < -0.4 is 5.32 Å². The molecule has 1 N–H and O–H groups in total. The van der Waals surface area contributed by atoms with Crippen LogP contribution in [0.2, 0.25) is 0 Å². The number of hydrogen-bond donors (Lipinski definition) is 1. The van der Waals surface area contributed by atoms with Gasteiger partial charge in [0.05, 0.1) is 0 Å². The van der Waals surface area contributed by atoms with Gasteiger partial charge in [0.2, 0.25) is 5.91 Å². The largest absolute Gasteiger partial charge is 0.352 e. The Morgan fingerprint density at radius 1 is 0.963 bits per heavy atom. The number of amides is 2. The third-order valence-electron chi connectivity index (χ3n) is 7.01. The van der Waals surface area contributed by atoms with Crippen LogP contribution in [-0.4, -0.2) is 34.8 Å². The van der Waals surface area contributed by atoms with E-state index in [1.807, 2.05) is 35.2 Å². The Kier molecular flexibility index (Phi) is 5.51. The molecule has 0 spiro atoms. The van der Waals surface area contributed by atoms with Gasteiger partial charge in [0.1, 0.15) is 6.04 Å². The quantitative estimate of drug-likeness (QED) is 0.871. The van der Waals surface area contributed by atoms with Crippen LogP contribution in [0, 0.1) is 11.8 Å². The second-order valence-electron chi connectivity index (χ2n) is 8.91. The fourth-order valence-electron chi connectivity index (χ4n) is 5.42. The number of nitrogens with zero attached hydrogens (tertiary/aromatic N) is 1. The maximum absolute atomic E-state index is 13.3. The van der Waals surface area contributed by atoms with E-state index in [4.69, 9.17) is 0 Å². The summed E-state index contributed by atoms with van der Waals surface area (Å²) in [6.07, 6.45) is 9.91. The lowest BCUT2D eigenvalue weighted by Crippen LogP contribution is -2.51. The van der Waals surface area contributed by atoms with Gasteiger partial charge >= 0.3 is 0 Å². The normalized spacial score (nSPS) is 33.4. The number of fused-ring (bicyclic) bond motifs is 1. The smallest absolute Gasteiger partial charge is 0.254 e. The average molecular weight is 369 g/mol. The lowest BCUT2D eigenvalue weighted by Gasteiger charge is -2.34. The fraction of sp³-hybridized carbons (Fsp3) is 0.652. The summed E-state index contributed by atoms with van der Waals surface area (Å²) in [5.74, 6) is 1.35. The van der Waals surface area contributed by atoms with E-state index in [-0.39, 0.29) is 29.9 Å². The lowest BCUT2D eigenvalue weighted by molar-refractivity contribution is -0.126. The summed E-state index contributed by atoms with van der Waals surface area (Å²) in [5, 5.41) is 3.29. The molecule has 0 radical (unpaired) electrons. The highest BCUT2D eigenvalue weighted by molar-refractivity contribution is 5.98. The summed E-state index contributed by atoms with van der Waals surface area (Å²) in [6.45, 7) is 2.29. The minimum absolute atomic E-state index is 0.0300. The molecular formula is C23H32N2O2. The van der Waals surface area contributed by atoms with Crippen LogP contribution in [0.5, 0.6) is 0 Å². The van der Waals surface area contributed by atoms with Crippen LogP contribution in [0.4, 0.5) is 0 Å². The van der Waals surface area contributed by atoms with Gasteiger partial charge in [-0.3, -0.25) is 9.59 Å². The van der Waals surface area contributed by atoms with Crippen molar-refractivity contribution in [3.63, 3.8) is 0 Å². The monoisotopic (exact) mass is 368 g/mol. The van der Waals surface area contributed by atoms with Gasteiger partial charge in [0.25, 0.3) is 5.91 Å². The minimum Gasteiger partial charge on any atom is -0.352 e. The molecule has 3 unspecified atom stereocenters. The highest BCUT2D eigenvalue weighted by Gasteiger charge is 2.47. The molecule has 1 heterocycles. The summed E-state index contributed by atoms with van der Waals surface area (Å²) in [7, 11) is 0. The number of likely N-dealkylation sites (tertiary alicyclic amines) is 1. The van der Waals surface area contributed by atoms with Crippen LogP contribution >= 0.6 is 0 Å². The Balaban J connectivity index is 1.52. The van der Waals surface area contributed by atoms with Gasteiger partial charge in [0.15, 0.2) is 0 Å². The molecule has 2 amide bonds. The number of benzene rings is 1. The van der Waals surface area contributed by atoms with Gasteiger partial charge in [0, 0.05) is 17.6 Å². The summed E-state index contributed by atoms with van der Waals surface area (Å²) in [6, 6.07) is 9.69. The van der Waals surface area contributed by atoms with Crippen molar-refractivity contribution >= 4 is 11.8 Å². The van der Waals surface area contributed by atoms with Gasteiger partial charge in [-0.1, -0.05) is 38.0 Å². The zero-order valence-electron chi connectivity index (χ0n) is 16.4. The number of nitrogens with one attached hydrogen (secondary N) is 1. The van der Waals surface area contributed by atoms with Crippen molar-refractivity contribution in [1.82, 2.24) is 10.2 Å². The van der Waals surface area contributed by atoms with Crippen LogP contribution in [0.25, 0.3) is 0 Å². The maximum Gasteiger partial charge on any atom is 0.254 e. The molecule has 3 atom stereocenters. The highest BCUT2D eigenvalue weighted by Crippen LogP contribution is 2.40. The molecule has 1 aromatic rings. The molecule has 3 fully saturated rings. The van der Waals surface area contributed by atoms with E-state index < -0.39 is 0 Å². The third-order valence-corrected chi connectivity index (χ3v) is 7.01.